The number of nitrogens with one attached hydrogen (secondary N) is 1. The van der Waals surface area contributed by atoms with Gasteiger partial charge in [-0.1, -0.05) is 66.7 Å². The van der Waals surface area contributed by atoms with E-state index in [9.17, 15) is 4.79 Å². The SMILES string of the molecule is O=C(NO)c1ccc(-c2cccc(CN(Cc3ccccc3)Cc3cnc4ccccc4c3)c2)s1. The van der Waals surface area contributed by atoms with Crippen LogP contribution in [0.25, 0.3) is 21.3 Å². The second kappa shape index (κ2) is 10.6. The number of hydrogen-bond donors (Lipinski definition) is 2. The Hall–Kier alpha value is -3.84. The molecule has 5 rings (SSSR count). The van der Waals surface area contributed by atoms with Gasteiger partial charge in [-0.3, -0.25) is 19.9 Å². The molecule has 2 heterocycles. The highest BCUT2D eigenvalue weighted by Crippen LogP contribution is 2.29. The fourth-order valence-corrected chi connectivity index (χ4v) is 5.11. The highest BCUT2D eigenvalue weighted by atomic mass is 32.1. The Kier molecular flexibility index (Phi) is 6.95. The summed E-state index contributed by atoms with van der Waals surface area (Å²) in [5, 5.41) is 10.1. The van der Waals surface area contributed by atoms with Crippen LogP contribution in [-0.4, -0.2) is 21.0 Å². The molecule has 0 aliphatic carbocycles. The number of hydroxylamine groups is 1. The molecule has 0 aliphatic rings. The first-order chi connectivity index (χ1) is 17.2. The minimum atomic E-state index is -0.490. The quantitative estimate of drug-likeness (QED) is 0.203. The molecule has 5 nitrogen and oxygen atoms in total. The summed E-state index contributed by atoms with van der Waals surface area (Å²) in [4.78, 5) is 20.3. The fraction of sp³-hybridized carbons (Fsp3) is 0.103. The van der Waals surface area contributed by atoms with Gasteiger partial charge in [0, 0.05) is 36.1 Å². The number of rotatable bonds is 8. The molecule has 0 saturated heterocycles. The van der Waals surface area contributed by atoms with Crippen LogP contribution in [0, 0.1) is 0 Å². The molecule has 0 radical (unpaired) electrons. The summed E-state index contributed by atoms with van der Waals surface area (Å²) in [5.74, 6) is -0.490. The van der Waals surface area contributed by atoms with Gasteiger partial charge in [-0.25, -0.2) is 5.48 Å². The number of aromatic nitrogens is 1. The first-order valence-electron chi connectivity index (χ1n) is 11.4. The highest BCUT2D eigenvalue weighted by Gasteiger charge is 2.12. The molecule has 0 aliphatic heterocycles. The number of nitrogens with zero attached hydrogens (tertiary/aromatic N) is 2. The topological polar surface area (TPSA) is 65.5 Å². The standard InChI is InChI=1S/C29H25N3O2S/c33-29(31-34)28-14-13-27(35-28)25-11-6-9-22(15-25)19-32(18-21-7-2-1-3-8-21)20-23-16-24-10-4-5-12-26(24)30-17-23/h1-17,34H,18-20H2,(H,31,33). The van der Waals surface area contributed by atoms with Gasteiger partial charge in [-0.15, -0.1) is 11.3 Å². The zero-order valence-electron chi connectivity index (χ0n) is 19.1. The number of thiophene rings is 1. The summed E-state index contributed by atoms with van der Waals surface area (Å²) >= 11 is 1.36. The molecule has 5 aromatic rings. The third-order valence-electron chi connectivity index (χ3n) is 5.85. The van der Waals surface area contributed by atoms with Crippen molar-refractivity contribution in [1.29, 1.82) is 0 Å². The monoisotopic (exact) mass is 479 g/mol. The molecule has 0 atom stereocenters. The van der Waals surface area contributed by atoms with Gasteiger partial charge in [-0.05, 0) is 52.6 Å². The molecule has 2 aromatic heterocycles. The zero-order valence-corrected chi connectivity index (χ0v) is 19.9. The van der Waals surface area contributed by atoms with Gasteiger partial charge in [0.15, 0.2) is 0 Å². The van der Waals surface area contributed by atoms with Crippen LogP contribution >= 0.6 is 11.3 Å². The first kappa shape index (κ1) is 22.9. The van der Waals surface area contributed by atoms with Gasteiger partial charge >= 0.3 is 0 Å². The maximum absolute atomic E-state index is 11.7. The maximum Gasteiger partial charge on any atom is 0.284 e. The molecule has 35 heavy (non-hydrogen) atoms. The van der Waals surface area contributed by atoms with Crippen molar-refractivity contribution in [2.75, 3.05) is 0 Å². The smallest absolute Gasteiger partial charge is 0.284 e. The number of benzene rings is 3. The maximum atomic E-state index is 11.7. The molecule has 174 valence electrons. The van der Waals surface area contributed by atoms with Crippen molar-refractivity contribution in [3.05, 3.63) is 125 Å². The third-order valence-corrected chi connectivity index (χ3v) is 6.98. The van der Waals surface area contributed by atoms with Crippen LogP contribution in [0.4, 0.5) is 0 Å². The number of carbonyl (C=O) groups is 1. The molecule has 0 bridgehead atoms. The number of hydrogen-bond acceptors (Lipinski definition) is 5. The predicted octanol–water partition coefficient (Wildman–Crippen LogP) is 6.28. The molecule has 1 amide bonds. The highest BCUT2D eigenvalue weighted by molar-refractivity contribution is 7.17. The van der Waals surface area contributed by atoms with E-state index in [4.69, 9.17) is 5.21 Å². The average molecular weight is 480 g/mol. The van der Waals surface area contributed by atoms with Gasteiger partial charge in [0.2, 0.25) is 0 Å². The van der Waals surface area contributed by atoms with Crippen molar-refractivity contribution < 1.29 is 10.0 Å². The molecule has 6 heteroatoms. The number of fused-ring (bicyclic) bond motifs is 1. The van der Waals surface area contributed by atoms with Gasteiger partial charge in [0.25, 0.3) is 5.91 Å². The Morgan fingerprint density at radius 3 is 2.40 bits per heavy atom. The van der Waals surface area contributed by atoms with Crippen LogP contribution in [0.5, 0.6) is 0 Å². The van der Waals surface area contributed by atoms with E-state index >= 15 is 0 Å². The van der Waals surface area contributed by atoms with Crippen molar-refractivity contribution in [1.82, 2.24) is 15.4 Å². The summed E-state index contributed by atoms with van der Waals surface area (Å²) in [6, 6.07) is 32.9. The van der Waals surface area contributed by atoms with Crippen LogP contribution in [-0.2, 0) is 19.6 Å². The Morgan fingerprint density at radius 2 is 1.54 bits per heavy atom. The Morgan fingerprint density at radius 1 is 0.800 bits per heavy atom. The van der Waals surface area contributed by atoms with Crippen LogP contribution < -0.4 is 5.48 Å². The van der Waals surface area contributed by atoms with Crippen LogP contribution in [0.15, 0.2) is 103 Å². The van der Waals surface area contributed by atoms with Crippen molar-refractivity contribution in [3.63, 3.8) is 0 Å². The van der Waals surface area contributed by atoms with E-state index in [1.807, 2.05) is 42.6 Å². The normalized spacial score (nSPS) is 11.1. The molecule has 0 fully saturated rings. The van der Waals surface area contributed by atoms with Gasteiger partial charge < -0.3 is 0 Å². The summed E-state index contributed by atoms with van der Waals surface area (Å²) < 4.78 is 0. The van der Waals surface area contributed by atoms with Crippen LogP contribution in [0.2, 0.25) is 0 Å². The zero-order chi connectivity index (χ0) is 24.0. The van der Waals surface area contributed by atoms with Gasteiger partial charge in [-0.2, -0.15) is 0 Å². The fourth-order valence-electron chi connectivity index (χ4n) is 4.22. The summed E-state index contributed by atoms with van der Waals surface area (Å²) in [5.41, 5.74) is 7.38. The second-order valence-electron chi connectivity index (χ2n) is 8.47. The number of carbonyl (C=O) groups excluding carboxylic acids is 1. The lowest BCUT2D eigenvalue weighted by Gasteiger charge is -2.23. The predicted molar refractivity (Wildman–Crippen MR) is 140 cm³/mol. The van der Waals surface area contributed by atoms with E-state index in [1.54, 1.807) is 11.5 Å². The number of pyridine rings is 1. The molecule has 3 aromatic carbocycles. The van der Waals surface area contributed by atoms with Crippen molar-refractivity contribution in [2.45, 2.75) is 19.6 Å². The van der Waals surface area contributed by atoms with E-state index in [0.717, 1.165) is 41.0 Å². The molecular weight excluding hydrogens is 454 g/mol. The second-order valence-corrected chi connectivity index (χ2v) is 9.56. The lowest BCUT2D eigenvalue weighted by atomic mass is 10.1. The minimum Gasteiger partial charge on any atom is -0.291 e. The van der Waals surface area contributed by atoms with Crippen LogP contribution in [0.3, 0.4) is 0 Å². The summed E-state index contributed by atoms with van der Waals surface area (Å²) in [6.07, 6.45) is 1.97. The molecule has 0 spiro atoms. The molecule has 0 unspecified atom stereocenters. The van der Waals surface area contributed by atoms with Gasteiger partial charge in [0.05, 0.1) is 10.4 Å². The van der Waals surface area contributed by atoms with E-state index in [2.05, 4.69) is 64.5 Å². The van der Waals surface area contributed by atoms with Crippen molar-refractivity contribution in [2.24, 2.45) is 0 Å². The summed E-state index contributed by atoms with van der Waals surface area (Å²) in [6.45, 7) is 2.36. The lowest BCUT2D eigenvalue weighted by molar-refractivity contribution is 0.0711. The Labute approximate surface area is 208 Å². The molecular formula is C29H25N3O2S. The van der Waals surface area contributed by atoms with E-state index in [-0.39, 0.29) is 0 Å². The van der Waals surface area contributed by atoms with E-state index < -0.39 is 5.91 Å². The number of para-hydroxylation sites is 1. The van der Waals surface area contributed by atoms with Crippen molar-refractivity contribution >= 4 is 28.1 Å². The first-order valence-corrected chi connectivity index (χ1v) is 12.2. The largest absolute Gasteiger partial charge is 0.291 e. The minimum absolute atomic E-state index is 0.474. The van der Waals surface area contributed by atoms with E-state index in [0.29, 0.717) is 4.88 Å². The average Bonchev–Trinajstić information content (AvgIpc) is 3.39. The number of amides is 1. The Bertz CT molecular complexity index is 1450. The third kappa shape index (κ3) is 5.63. The molecule has 2 N–H and O–H groups in total. The van der Waals surface area contributed by atoms with Gasteiger partial charge in [0.1, 0.15) is 0 Å². The lowest BCUT2D eigenvalue weighted by Crippen LogP contribution is -2.22. The van der Waals surface area contributed by atoms with E-state index in [1.165, 1.54) is 28.0 Å². The van der Waals surface area contributed by atoms with Crippen LogP contribution in [0.1, 0.15) is 26.4 Å². The Balaban J connectivity index is 1.40. The summed E-state index contributed by atoms with van der Waals surface area (Å²) in [7, 11) is 0. The molecule has 0 saturated carbocycles. The van der Waals surface area contributed by atoms with Crippen molar-refractivity contribution in [3.8, 4) is 10.4 Å².